The van der Waals surface area contributed by atoms with Gasteiger partial charge in [-0.3, -0.25) is 4.79 Å². The maximum atomic E-state index is 12.8. The smallest absolute Gasteiger partial charge is 0.534 e. The van der Waals surface area contributed by atoms with Crippen LogP contribution in [0.1, 0.15) is 21.6 Å². The molecule has 0 spiro atoms. The van der Waals surface area contributed by atoms with Crippen LogP contribution in [-0.4, -0.2) is 58.9 Å². The number of nitrogen functional groups attached to an aromatic ring is 1. The van der Waals surface area contributed by atoms with E-state index in [1.807, 2.05) is 0 Å². The summed E-state index contributed by atoms with van der Waals surface area (Å²) in [5.74, 6) is -2.58. The van der Waals surface area contributed by atoms with Gasteiger partial charge in [-0.2, -0.15) is 0 Å². The van der Waals surface area contributed by atoms with Crippen molar-refractivity contribution in [2.24, 2.45) is 5.16 Å². The van der Waals surface area contributed by atoms with Crippen molar-refractivity contribution in [2.75, 3.05) is 18.9 Å². The first-order valence-corrected chi connectivity index (χ1v) is 9.50. The van der Waals surface area contributed by atoms with Crippen LogP contribution in [-0.2, 0) is 16.1 Å². The third-order valence-corrected chi connectivity index (χ3v) is 4.71. The van der Waals surface area contributed by atoms with Crippen molar-refractivity contribution < 1.29 is 34.9 Å². The van der Waals surface area contributed by atoms with Gasteiger partial charge in [0, 0.05) is 5.38 Å². The maximum absolute atomic E-state index is 12.8. The lowest BCUT2D eigenvalue weighted by Crippen LogP contribution is -2.54. The van der Waals surface area contributed by atoms with Crippen LogP contribution in [0.25, 0.3) is 0 Å². The number of carboxylic acids is 1. The van der Waals surface area contributed by atoms with Crippen LogP contribution < -0.4 is 21.4 Å². The Labute approximate surface area is 169 Å². The minimum Gasteiger partial charge on any atom is -0.534 e. The minimum absolute atomic E-state index is 0.0619. The molecule has 13 heteroatoms. The number of carbonyl (C=O) groups is 2. The Morgan fingerprint density at radius 2 is 2.31 bits per heavy atom. The van der Waals surface area contributed by atoms with Crippen molar-refractivity contribution in [1.29, 1.82) is 0 Å². The summed E-state index contributed by atoms with van der Waals surface area (Å²) in [6.45, 7) is 0.659. The van der Waals surface area contributed by atoms with Gasteiger partial charge in [0.25, 0.3) is 5.91 Å². The van der Waals surface area contributed by atoms with Crippen LogP contribution in [0.2, 0.25) is 0 Å². The number of aromatic nitrogens is 1. The zero-order valence-electron chi connectivity index (χ0n) is 15.2. The van der Waals surface area contributed by atoms with Gasteiger partial charge in [-0.1, -0.05) is 17.3 Å². The zero-order valence-corrected chi connectivity index (χ0v) is 16.0. The molecule has 8 N–H and O–H groups in total. The number of nitrogens with two attached hydrogens (primary N) is 1. The minimum atomic E-state index is -1.45. The first-order valence-electron chi connectivity index (χ1n) is 8.62. The summed E-state index contributed by atoms with van der Waals surface area (Å²) in [6.07, 6.45) is 0.162. The molecular formula is C16H19BN5O6S+. The molecule has 0 saturated heterocycles. The molecule has 0 fully saturated rings. The molecule has 1 amide bonds. The van der Waals surface area contributed by atoms with E-state index in [1.165, 1.54) is 6.07 Å². The standard InChI is InChI=1S/C16H18BN5O6S/c18-4-5-27-22-12(10-7-29-16(19)20-10)14(23)21-11-6-8-2-1-3-9(15(24)25)13(8)28-17(11)26/h1-3,7,11,26H,4-6,18H2,(H2,19,20)(H,21,23)(H,24,25)/p+1/b22-12-/t11-/m0/s1. The number of hydrogen-bond acceptors (Lipinski definition) is 9. The van der Waals surface area contributed by atoms with Gasteiger partial charge in [0.15, 0.2) is 17.5 Å². The fraction of sp³-hybridized carbons (Fsp3) is 0.250. The number of carbonyl (C=O) groups excluding carboxylic acids is 1. The number of anilines is 1. The number of oxime groups is 1. The van der Waals surface area contributed by atoms with E-state index in [0.717, 1.165) is 11.3 Å². The molecule has 0 radical (unpaired) electrons. The van der Waals surface area contributed by atoms with Crippen LogP contribution in [0, 0.1) is 0 Å². The number of para-hydroxylation sites is 1. The fourth-order valence-electron chi connectivity index (χ4n) is 2.73. The van der Waals surface area contributed by atoms with Crippen molar-refractivity contribution in [3.05, 3.63) is 40.4 Å². The highest BCUT2D eigenvalue weighted by Crippen LogP contribution is 2.30. The Kier molecular flexibility index (Phi) is 6.31. The number of aromatic carboxylic acids is 1. The van der Waals surface area contributed by atoms with Gasteiger partial charge >= 0.3 is 13.1 Å². The SMILES string of the molecule is Nc1nc(/C(=N/OCC[NH3+])C(=O)N[C@H]2Cc3cccc(C(=O)O)c3OB2O)cs1. The van der Waals surface area contributed by atoms with Crippen LogP contribution in [0.4, 0.5) is 5.13 Å². The van der Waals surface area contributed by atoms with Gasteiger partial charge in [0.05, 0.1) is 11.5 Å². The number of rotatable bonds is 7. The third kappa shape index (κ3) is 4.64. The number of nitrogens with one attached hydrogen (secondary N) is 1. The number of thiazole rings is 1. The fourth-order valence-corrected chi connectivity index (χ4v) is 3.28. The summed E-state index contributed by atoms with van der Waals surface area (Å²) in [6, 6.07) is 4.62. The molecule has 0 bridgehead atoms. The average molecular weight is 420 g/mol. The van der Waals surface area contributed by atoms with E-state index in [0.29, 0.717) is 12.1 Å². The summed E-state index contributed by atoms with van der Waals surface area (Å²) in [7, 11) is -1.45. The summed E-state index contributed by atoms with van der Waals surface area (Å²) in [5, 5.41) is 27.8. The lowest BCUT2D eigenvalue weighted by Gasteiger charge is -2.28. The molecule has 2 heterocycles. The molecule has 1 aromatic heterocycles. The monoisotopic (exact) mass is 420 g/mol. The van der Waals surface area contributed by atoms with E-state index in [-0.39, 0.29) is 40.9 Å². The quantitative estimate of drug-likeness (QED) is 0.155. The second-order valence-electron chi connectivity index (χ2n) is 6.09. The first-order chi connectivity index (χ1) is 13.9. The van der Waals surface area contributed by atoms with Gasteiger partial charge in [-0.25, -0.2) is 9.78 Å². The summed E-state index contributed by atoms with van der Waals surface area (Å²) < 4.78 is 5.37. The molecule has 0 saturated carbocycles. The zero-order chi connectivity index (χ0) is 21.0. The highest BCUT2D eigenvalue weighted by atomic mass is 32.1. The Bertz CT molecular complexity index is 952. The molecule has 1 aliphatic heterocycles. The number of quaternary nitrogens is 1. The van der Waals surface area contributed by atoms with E-state index in [9.17, 15) is 19.7 Å². The topological polar surface area (TPSA) is 184 Å². The van der Waals surface area contributed by atoms with Gasteiger partial charge in [-0.05, 0) is 18.1 Å². The van der Waals surface area contributed by atoms with E-state index in [4.69, 9.17) is 15.2 Å². The molecule has 152 valence electrons. The predicted molar refractivity (Wildman–Crippen MR) is 104 cm³/mol. The molecule has 0 unspecified atom stereocenters. The number of hydrogen-bond donors (Lipinski definition) is 5. The Morgan fingerprint density at radius 3 is 2.97 bits per heavy atom. The van der Waals surface area contributed by atoms with Crippen LogP contribution in [0.3, 0.4) is 0 Å². The molecule has 1 aromatic carbocycles. The lowest BCUT2D eigenvalue weighted by molar-refractivity contribution is -0.374. The second-order valence-corrected chi connectivity index (χ2v) is 6.98. The number of nitrogens with zero attached hydrogens (tertiary/aromatic N) is 2. The molecule has 1 aliphatic rings. The van der Waals surface area contributed by atoms with Crippen molar-refractivity contribution >= 4 is 41.2 Å². The summed E-state index contributed by atoms with van der Waals surface area (Å²) >= 11 is 1.14. The van der Waals surface area contributed by atoms with Gasteiger partial charge in [-0.15, -0.1) is 11.3 Å². The van der Waals surface area contributed by atoms with Crippen LogP contribution in [0.15, 0.2) is 28.7 Å². The van der Waals surface area contributed by atoms with Gasteiger partial charge < -0.3 is 36.4 Å². The van der Waals surface area contributed by atoms with Crippen molar-refractivity contribution in [1.82, 2.24) is 10.3 Å². The van der Waals surface area contributed by atoms with Crippen LogP contribution in [0.5, 0.6) is 5.75 Å². The Morgan fingerprint density at radius 1 is 1.52 bits per heavy atom. The number of benzene rings is 1. The van der Waals surface area contributed by atoms with Gasteiger partial charge in [0.1, 0.15) is 18.0 Å². The number of fused-ring (bicyclic) bond motifs is 1. The average Bonchev–Trinajstić information content (AvgIpc) is 3.11. The maximum Gasteiger partial charge on any atom is 0.547 e. The Hall–Kier alpha value is -3.16. The molecule has 0 aliphatic carbocycles. The van der Waals surface area contributed by atoms with E-state index in [1.54, 1.807) is 17.5 Å². The Balaban J connectivity index is 1.80. The highest BCUT2D eigenvalue weighted by molar-refractivity contribution is 7.13. The number of carboxylic acid groups (broad SMARTS) is 1. The third-order valence-electron chi connectivity index (χ3n) is 4.04. The highest BCUT2D eigenvalue weighted by Gasteiger charge is 2.38. The molecule has 29 heavy (non-hydrogen) atoms. The van der Waals surface area contributed by atoms with E-state index < -0.39 is 24.9 Å². The van der Waals surface area contributed by atoms with E-state index >= 15 is 0 Å². The van der Waals surface area contributed by atoms with E-state index in [2.05, 4.69) is 21.2 Å². The van der Waals surface area contributed by atoms with Gasteiger partial charge in [0.2, 0.25) is 0 Å². The summed E-state index contributed by atoms with van der Waals surface area (Å²) in [5.41, 5.74) is 9.87. The molecule has 1 atom stereocenters. The van der Waals surface area contributed by atoms with Crippen molar-refractivity contribution in [3.63, 3.8) is 0 Å². The predicted octanol–water partition coefficient (Wildman–Crippen LogP) is -1.47. The molecular weight excluding hydrogens is 401 g/mol. The largest absolute Gasteiger partial charge is 0.547 e. The van der Waals surface area contributed by atoms with Crippen molar-refractivity contribution in [2.45, 2.75) is 12.4 Å². The molecule has 2 aromatic rings. The number of amides is 1. The molecule has 3 rings (SSSR count). The first kappa shape index (κ1) is 20.6. The summed E-state index contributed by atoms with van der Waals surface area (Å²) in [4.78, 5) is 33.2. The normalized spacial score (nSPS) is 16.0. The lowest BCUT2D eigenvalue weighted by atomic mass is 9.72. The van der Waals surface area contributed by atoms with Crippen molar-refractivity contribution in [3.8, 4) is 5.75 Å². The second kappa shape index (κ2) is 8.90. The van der Waals surface area contributed by atoms with Crippen LogP contribution >= 0.6 is 11.3 Å². The molecule has 11 nitrogen and oxygen atoms in total.